The maximum Gasteiger partial charge on any atom is 0.146 e. The predicted molar refractivity (Wildman–Crippen MR) is 132 cm³/mol. The molecule has 0 aromatic heterocycles. The third-order valence-corrected chi connectivity index (χ3v) is 7.67. The second-order valence-electron chi connectivity index (χ2n) is 9.91. The van der Waals surface area contributed by atoms with Crippen molar-refractivity contribution in [2.75, 3.05) is 0 Å². The lowest BCUT2D eigenvalue weighted by Gasteiger charge is -2.44. The topological polar surface area (TPSA) is 57.6 Å². The second kappa shape index (κ2) is 10.1. The van der Waals surface area contributed by atoms with Crippen LogP contribution in [0, 0.1) is 5.92 Å². The van der Waals surface area contributed by atoms with E-state index in [4.69, 9.17) is 0 Å². The van der Waals surface area contributed by atoms with E-state index in [2.05, 4.69) is 30.1 Å². The van der Waals surface area contributed by atoms with Crippen LogP contribution in [-0.2, 0) is 15.2 Å². The summed E-state index contributed by atoms with van der Waals surface area (Å²) < 4.78 is 0. The summed E-state index contributed by atoms with van der Waals surface area (Å²) in [6.07, 6.45) is 17.2. The molecule has 4 nitrogen and oxygen atoms in total. The maximum absolute atomic E-state index is 12.1. The van der Waals surface area contributed by atoms with Gasteiger partial charge in [0, 0.05) is 24.0 Å². The summed E-state index contributed by atoms with van der Waals surface area (Å²) in [5, 5.41) is 11.5. The first kappa shape index (κ1) is 23.6. The third-order valence-electron chi connectivity index (χ3n) is 7.67. The van der Waals surface area contributed by atoms with Crippen LogP contribution in [-0.4, -0.2) is 40.7 Å². The number of rotatable bonds is 8. The molecular formula is C29H35NO3. The molecule has 5 atom stereocenters. The second-order valence-corrected chi connectivity index (χ2v) is 9.91. The Bertz CT molecular complexity index is 985. The van der Waals surface area contributed by atoms with Crippen LogP contribution < -0.4 is 0 Å². The molecule has 2 aliphatic carbocycles. The van der Waals surface area contributed by atoms with E-state index in [1.54, 1.807) is 0 Å². The fourth-order valence-electron chi connectivity index (χ4n) is 5.98. The van der Waals surface area contributed by atoms with Crippen LogP contribution in [0.15, 0.2) is 77.4 Å². The molecule has 33 heavy (non-hydrogen) atoms. The van der Waals surface area contributed by atoms with E-state index in [9.17, 15) is 14.7 Å². The SMILES string of the molecule is CC1CCC(CC(C)(O)c2ccccc2)N1C(C1=C(C=O)CCC=C1)C1CC=CC=C1C=O. The van der Waals surface area contributed by atoms with Gasteiger partial charge in [-0.05, 0) is 74.7 Å². The summed E-state index contributed by atoms with van der Waals surface area (Å²) >= 11 is 0. The minimum Gasteiger partial charge on any atom is -0.385 e. The first-order valence-corrected chi connectivity index (χ1v) is 12.2. The van der Waals surface area contributed by atoms with Crippen LogP contribution in [0.1, 0.15) is 57.9 Å². The molecule has 0 amide bonds. The van der Waals surface area contributed by atoms with Crippen molar-refractivity contribution in [3.05, 3.63) is 83.0 Å². The Hall–Kier alpha value is -2.56. The number of benzene rings is 1. The first-order chi connectivity index (χ1) is 16.0. The molecule has 1 aliphatic heterocycles. The number of aldehydes is 2. The Morgan fingerprint density at radius 3 is 2.67 bits per heavy atom. The standard InChI is InChI=1S/C29H35NO3/c1-21-16-17-25(18-29(2,33)24-12-4-3-5-13-24)30(21)28(26-14-8-6-10-22(26)19-31)27-15-9-7-11-23(27)20-32/h3-6,8-10,12-13,15,19-21,25-26,28,33H,7,11,14,16-18H2,1-2H3. The smallest absolute Gasteiger partial charge is 0.146 e. The van der Waals surface area contributed by atoms with Gasteiger partial charge in [0.2, 0.25) is 0 Å². The van der Waals surface area contributed by atoms with E-state index in [1.807, 2.05) is 49.4 Å². The third kappa shape index (κ3) is 4.87. The van der Waals surface area contributed by atoms with Gasteiger partial charge in [0.05, 0.1) is 5.60 Å². The minimum absolute atomic E-state index is 0.00933. The summed E-state index contributed by atoms with van der Waals surface area (Å²) in [5.41, 5.74) is 2.63. The zero-order valence-corrected chi connectivity index (χ0v) is 19.7. The fraction of sp³-hybridized carbons (Fsp3) is 0.448. The van der Waals surface area contributed by atoms with E-state index < -0.39 is 5.60 Å². The molecule has 0 bridgehead atoms. The van der Waals surface area contributed by atoms with Gasteiger partial charge < -0.3 is 5.11 Å². The van der Waals surface area contributed by atoms with Gasteiger partial charge in [-0.15, -0.1) is 0 Å². The first-order valence-electron chi connectivity index (χ1n) is 12.2. The lowest BCUT2D eigenvalue weighted by molar-refractivity contribution is -0.105. The molecular weight excluding hydrogens is 410 g/mol. The highest BCUT2D eigenvalue weighted by Gasteiger charge is 2.44. The van der Waals surface area contributed by atoms with Crippen molar-refractivity contribution < 1.29 is 14.7 Å². The molecule has 1 saturated heterocycles. The fourth-order valence-corrected chi connectivity index (χ4v) is 5.98. The Morgan fingerprint density at radius 1 is 1.15 bits per heavy atom. The number of nitrogens with zero attached hydrogens (tertiary/aromatic N) is 1. The largest absolute Gasteiger partial charge is 0.385 e. The van der Waals surface area contributed by atoms with Crippen LogP contribution in [0.4, 0.5) is 0 Å². The number of carbonyl (C=O) groups is 2. The van der Waals surface area contributed by atoms with Gasteiger partial charge in [-0.2, -0.15) is 0 Å². The Labute approximate surface area is 197 Å². The minimum atomic E-state index is -0.959. The van der Waals surface area contributed by atoms with Gasteiger partial charge in [-0.25, -0.2) is 0 Å². The highest BCUT2D eigenvalue weighted by Crippen LogP contribution is 2.42. The zero-order valence-electron chi connectivity index (χ0n) is 19.7. The van der Waals surface area contributed by atoms with Crippen LogP contribution in [0.3, 0.4) is 0 Å². The summed E-state index contributed by atoms with van der Waals surface area (Å²) in [6, 6.07) is 10.2. The van der Waals surface area contributed by atoms with E-state index in [1.165, 1.54) is 0 Å². The maximum atomic E-state index is 12.1. The molecule has 1 fully saturated rings. The van der Waals surface area contributed by atoms with Crippen molar-refractivity contribution in [2.45, 2.75) is 76.1 Å². The van der Waals surface area contributed by atoms with Gasteiger partial charge in [-0.3, -0.25) is 14.5 Å². The molecule has 4 rings (SSSR count). The molecule has 1 heterocycles. The number of carbonyl (C=O) groups excluding carboxylic acids is 2. The van der Waals surface area contributed by atoms with E-state index in [0.717, 1.165) is 67.0 Å². The van der Waals surface area contributed by atoms with Crippen LogP contribution in [0.25, 0.3) is 0 Å². The quantitative estimate of drug-likeness (QED) is 0.569. The number of aliphatic hydroxyl groups is 1. The van der Waals surface area contributed by atoms with Gasteiger partial charge in [-0.1, -0.05) is 60.7 Å². The van der Waals surface area contributed by atoms with Crippen molar-refractivity contribution in [1.82, 2.24) is 4.90 Å². The molecule has 0 radical (unpaired) electrons. The highest BCUT2D eigenvalue weighted by molar-refractivity contribution is 5.78. The lowest BCUT2D eigenvalue weighted by atomic mass is 9.77. The summed E-state index contributed by atoms with van der Waals surface area (Å²) in [4.78, 5) is 26.6. The zero-order chi connectivity index (χ0) is 23.4. The van der Waals surface area contributed by atoms with Gasteiger partial charge >= 0.3 is 0 Å². The van der Waals surface area contributed by atoms with Crippen LogP contribution >= 0.6 is 0 Å². The monoisotopic (exact) mass is 445 g/mol. The van der Waals surface area contributed by atoms with E-state index in [-0.39, 0.29) is 18.0 Å². The van der Waals surface area contributed by atoms with Crippen molar-refractivity contribution in [2.24, 2.45) is 5.92 Å². The van der Waals surface area contributed by atoms with E-state index in [0.29, 0.717) is 12.5 Å². The average molecular weight is 446 g/mol. The number of likely N-dealkylation sites (tertiary alicyclic amines) is 1. The Morgan fingerprint density at radius 2 is 1.94 bits per heavy atom. The van der Waals surface area contributed by atoms with Crippen molar-refractivity contribution >= 4 is 12.6 Å². The molecule has 0 spiro atoms. The van der Waals surface area contributed by atoms with E-state index >= 15 is 0 Å². The van der Waals surface area contributed by atoms with Gasteiger partial charge in [0.15, 0.2) is 0 Å². The van der Waals surface area contributed by atoms with Crippen molar-refractivity contribution in [3.63, 3.8) is 0 Å². The molecule has 5 unspecified atom stereocenters. The molecule has 0 saturated carbocycles. The molecule has 1 N–H and O–H groups in total. The van der Waals surface area contributed by atoms with Crippen molar-refractivity contribution in [1.29, 1.82) is 0 Å². The average Bonchev–Trinajstić information content (AvgIpc) is 3.19. The highest BCUT2D eigenvalue weighted by atomic mass is 16.3. The molecule has 174 valence electrons. The number of hydrogen-bond donors (Lipinski definition) is 1. The normalized spacial score (nSPS) is 28.3. The Kier molecular flexibility index (Phi) is 7.26. The Balaban J connectivity index is 1.74. The summed E-state index contributed by atoms with van der Waals surface area (Å²) in [7, 11) is 0. The molecule has 1 aromatic rings. The summed E-state index contributed by atoms with van der Waals surface area (Å²) in [5.74, 6) is -0.00933. The predicted octanol–water partition coefficient (Wildman–Crippen LogP) is 5.05. The summed E-state index contributed by atoms with van der Waals surface area (Å²) in [6.45, 7) is 4.14. The molecule has 3 aliphatic rings. The van der Waals surface area contributed by atoms with Gasteiger partial charge in [0.25, 0.3) is 0 Å². The number of hydrogen-bond acceptors (Lipinski definition) is 4. The van der Waals surface area contributed by atoms with Crippen LogP contribution in [0.2, 0.25) is 0 Å². The van der Waals surface area contributed by atoms with Crippen molar-refractivity contribution in [3.8, 4) is 0 Å². The number of allylic oxidation sites excluding steroid dienone is 5. The van der Waals surface area contributed by atoms with Crippen LogP contribution in [0.5, 0.6) is 0 Å². The molecule has 1 aromatic carbocycles. The lowest BCUT2D eigenvalue weighted by Crippen LogP contribution is -2.50. The van der Waals surface area contributed by atoms with Gasteiger partial charge in [0.1, 0.15) is 12.6 Å². The molecule has 4 heteroatoms.